The number of hydrogen-bond donors (Lipinski definition) is 1. The first-order valence-corrected chi connectivity index (χ1v) is 5.85. The van der Waals surface area contributed by atoms with Crippen LogP contribution in [0.25, 0.3) is 0 Å². The number of alkyl halides is 3. The third-order valence-corrected chi connectivity index (χ3v) is 2.55. The molecule has 0 saturated heterocycles. The zero-order valence-electron chi connectivity index (χ0n) is 10.5. The molecule has 0 atom stereocenters. The van der Waals surface area contributed by atoms with Crippen LogP contribution in [0.3, 0.4) is 0 Å². The predicted octanol–water partition coefficient (Wildman–Crippen LogP) is 3.71. The first-order chi connectivity index (χ1) is 8.96. The van der Waals surface area contributed by atoms with Crippen LogP contribution in [0.5, 0.6) is 5.75 Å². The number of nitrogens with zero attached hydrogens (tertiary/aromatic N) is 1. The Morgan fingerprint density at radius 2 is 2.05 bits per heavy atom. The van der Waals surface area contributed by atoms with Gasteiger partial charge < -0.3 is 10.1 Å². The molecule has 0 bridgehead atoms. The predicted molar refractivity (Wildman–Crippen MR) is 66.1 cm³/mol. The van der Waals surface area contributed by atoms with Crippen molar-refractivity contribution < 1.29 is 17.9 Å². The van der Waals surface area contributed by atoms with Gasteiger partial charge in [-0.05, 0) is 25.0 Å². The number of benzene rings is 1. The molecule has 1 N–H and O–H groups in total. The van der Waals surface area contributed by atoms with Gasteiger partial charge >= 0.3 is 6.18 Å². The second-order valence-corrected chi connectivity index (χ2v) is 4.02. The molecule has 0 fully saturated rings. The molecule has 1 rings (SSSR count). The molecule has 0 heterocycles. The summed E-state index contributed by atoms with van der Waals surface area (Å²) in [6.07, 6.45) is -4.42. The monoisotopic (exact) mass is 272 g/mol. The van der Waals surface area contributed by atoms with Gasteiger partial charge in [-0.2, -0.15) is 18.4 Å². The number of ether oxygens (including phenoxy) is 1. The van der Waals surface area contributed by atoms with E-state index in [4.69, 9.17) is 10.00 Å². The van der Waals surface area contributed by atoms with E-state index in [2.05, 4.69) is 5.32 Å². The van der Waals surface area contributed by atoms with E-state index in [1.807, 2.05) is 6.07 Å². The van der Waals surface area contributed by atoms with Gasteiger partial charge in [0.2, 0.25) is 0 Å². The molecule has 1 aromatic carbocycles. The standard InChI is InChI=1S/C13H15F3N2O/c1-19-11-5-4-10(9-17)12(8-11)18-7-3-2-6-13(14,15)16/h4-5,8,18H,2-3,6-7H2,1H3. The second-order valence-electron chi connectivity index (χ2n) is 4.02. The number of rotatable bonds is 6. The number of nitriles is 1. The third kappa shape index (κ3) is 5.51. The minimum atomic E-state index is -4.10. The van der Waals surface area contributed by atoms with Gasteiger partial charge in [-0.3, -0.25) is 0 Å². The molecule has 3 nitrogen and oxygen atoms in total. The summed E-state index contributed by atoms with van der Waals surface area (Å²) in [5.74, 6) is 0.594. The third-order valence-electron chi connectivity index (χ3n) is 2.55. The summed E-state index contributed by atoms with van der Waals surface area (Å²) in [6, 6.07) is 6.94. The van der Waals surface area contributed by atoms with Crippen LogP contribution in [0.15, 0.2) is 18.2 Å². The molecule has 0 aromatic heterocycles. The van der Waals surface area contributed by atoms with Gasteiger partial charge in [0.25, 0.3) is 0 Å². The number of hydrogen-bond acceptors (Lipinski definition) is 3. The highest BCUT2D eigenvalue weighted by atomic mass is 19.4. The molecule has 0 saturated carbocycles. The molecule has 6 heteroatoms. The van der Waals surface area contributed by atoms with Crippen molar-refractivity contribution in [2.75, 3.05) is 19.0 Å². The number of anilines is 1. The van der Waals surface area contributed by atoms with E-state index in [1.165, 1.54) is 7.11 Å². The maximum atomic E-state index is 11.9. The Labute approximate surface area is 110 Å². The summed E-state index contributed by atoms with van der Waals surface area (Å²) in [7, 11) is 1.51. The van der Waals surface area contributed by atoms with E-state index in [1.54, 1.807) is 18.2 Å². The van der Waals surface area contributed by atoms with E-state index in [9.17, 15) is 13.2 Å². The Hall–Kier alpha value is -1.90. The summed E-state index contributed by atoms with van der Waals surface area (Å²) >= 11 is 0. The lowest BCUT2D eigenvalue weighted by atomic mass is 10.1. The lowest BCUT2D eigenvalue weighted by Gasteiger charge is -2.10. The molecule has 0 aliphatic heterocycles. The van der Waals surface area contributed by atoms with Gasteiger partial charge in [-0.25, -0.2) is 0 Å². The minimum absolute atomic E-state index is 0.0718. The summed E-state index contributed by atoms with van der Waals surface area (Å²) < 4.78 is 40.9. The fraction of sp³-hybridized carbons (Fsp3) is 0.462. The van der Waals surface area contributed by atoms with Crippen molar-refractivity contribution in [1.82, 2.24) is 0 Å². The number of nitrogens with one attached hydrogen (secondary N) is 1. The molecule has 0 spiro atoms. The highest BCUT2D eigenvalue weighted by Gasteiger charge is 2.25. The normalized spacial score (nSPS) is 10.9. The molecule has 0 aliphatic rings. The van der Waals surface area contributed by atoms with Crippen molar-refractivity contribution >= 4 is 5.69 Å². The van der Waals surface area contributed by atoms with Crippen molar-refractivity contribution in [3.05, 3.63) is 23.8 Å². The lowest BCUT2D eigenvalue weighted by molar-refractivity contribution is -0.135. The average molecular weight is 272 g/mol. The van der Waals surface area contributed by atoms with Crippen molar-refractivity contribution in [2.24, 2.45) is 0 Å². The lowest BCUT2D eigenvalue weighted by Crippen LogP contribution is -2.09. The molecule has 19 heavy (non-hydrogen) atoms. The molecular weight excluding hydrogens is 257 g/mol. The van der Waals surface area contributed by atoms with Crippen LogP contribution < -0.4 is 10.1 Å². The summed E-state index contributed by atoms with van der Waals surface area (Å²) in [5.41, 5.74) is 1.02. The zero-order chi connectivity index (χ0) is 14.3. The highest BCUT2D eigenvalue weighted by Crippen LogP contribution is 2.23. The molecule has 0 unspecified atom stereocenters. The Morgan fingerprint density at radius 3 is 2.63 bits per heavy atom. The van der Waals surface area contributed by atoms with Gasteiger partial charge in [0.05, 0.1) is 18.4 Å². The largest absolute Gasteiger partial charge is 0.497 e. The van der Waals surface area contributed by atoms with Gasteiger partial charge in [0.15, 0.2) is 0 Å². The minimum Gasteiger partial charge on any atom is -0.497 e. The van der Waals surface area contributed by atoms with Crippen LogP contribution in [-0.4, -0.2) is 19.8 Å². The topological polar surface area (TPSA) is 45.0 Å². The Balaban J connectivity index is 2.46. The fourth-order valence-electron chi connectivity index (χ4n) is 1.57. The van der Waals surface area contributed by atoms with Gasteiger partial charge in [0.1, 0.15) is 11.8 Å². The Bertz CT molecular complexity index is 452. The second kappa shape index (κ2) is 6.88. The van der Waals surface area contributed by atoms with Gasteiger partial charge in [-0.15, -0.1) is 0 Å². The van der Waals surface area contributed by atoms with Crippen LogP contribution in [0.2, 0.25) is 0 Å². The SMILES string of the molecule is COc1ccc(C#N)c(NCCCCC(F)(F)F)c1. The fourth-order valence-corrected chi connectivity index (χ4v) is 1.57. The van der Waals surface area contributed by atoms with Crippen LogP contribution >= 0.6 is 0 Å². The van der Waals surface area contributed by atoms with Crippen molar-refractivity contribution in [3.63, 3.8) is 0 Å². The summed E-state index contributed by atoms with van der Waals surface area (Å²) in [4.78, 5) is 0. The van der Waals surface area contributed by atoms with Crippen LogP contribution in [0, 0.1) is 11.3 Å². The first-order valence-electron chi connectivity index (χ1n) is 5.85. The summed E-state index contributed by atoms with van der Waals surface area (Å²) in [5, 5.41) is 11.9. The average Bonchev–Trinajstić information content (AvgIpc) is 2.36. The van der Waals surface area contributed by atoms with Crippen LogP contribution in [0.1, 0.15) is 24.8 Å². The van der Waals surface area contributed by atoms with E-state index in [0.29, 0.717) is 30.0 Å². The van der Waals surface area contributed by atoms with Crippen molar-refractivity contribution in [1.29, 1.82) is 5.26 Å². The van der Waals surface area contributed by atoms with Crippen molar-refractivity contribution in [2.45, 2.75) is 25.4 Å². The molecule has 0 aliphatic carbocycles. The van der Waals surface area contributed by atoms with Crippen molar-refractivity contribution in [3.8, 4) is 11.8 Å². The molecule has 104 valence electrons. The number of halogens is 3. The maximum absolute atomic E-state index is 11.9. The zero-order valence-corrected chi connectivity index (χ0v) is 10.5. The highest BCUT2D eigenvalue weighted by molar-refractivity contribution is 5.60. The Morgan fingerprint density at radius 1 is 1.32 bits per heavy atom. The quantitative estimate of drug-likeness (QED) is 0.803. The molecule has 0 amide bonds. The van der Waals surface area contributed by atoms with Crippen LogP contribution in [-0.2, 0) is 0 Å². The maximum Gasteiger partial charge on any atom is 0.389 e. The van der Waals surface area contributed by atoms with Gasteiger partial charge in [0, 0.05) is 19.0 Å². The number of unbranched alkanes of at least 4 members (excludes halogenated alkanes) is 1. The number of methoxy groups -OCH3 is 1. The van der Waals surface area contributed by atoms with E-state index in [-0.39, 0.29) is 6.42 Å². The summed E-state index contributed by atoms with van der Waals surface area (Å²) in [6.45, 7) is 0.387. The van der Waals surface area contributed by atoms with Gasteiger partial charge in [-0.1, -0.05) is 0 Å². The molecule has 1 aromatic rings. The van der Waals surface area contributed by atoms with Crippen LogP contribution in [0.4, 0.5) is 18.9 Å². The van der Waals surface area contributed by atoms with E-state index in [0.717, 1.165) is 0 Å². The smallest absolute Gasteiger partial charge is 0.389 e. The Kier molecular flexibility index (Phi) is 5.49. The first kappa shape index (κ1) is 15.2. The molecular formula is C13H15F3N2O. The molecule has 0 radical (unpaired) electrons. The van der Waals surface area contributed by atoms with E-state index < -0.39 is 12.6 Å². The van der Waals surface area contributed by atoms with E-state index >= 15 is 0 Å².